The van der Waals surface area contributed by atoms with Crippen molar-refractivity contribution in [3.8, 4) is 0 Å². The van der Waals surface area contributed by atoms with Crippen molar-refractivity contribution < 1.29 is 9.53 Å². The zero-order valence-electron chi connectivity index (χ0n) is 8.67. The molecule has 0 atom stereocenters. The molecule has 1 aromatic heterocycles. The van der Waals surface area contributed by atoms with Gasteiger partial charge in [0, 0.05) is 6.20 Å². The van der Waals surface area contributed by atoms with E-state index in [9.17, 15) is 4.79 Å². The van der Waals surface area contributed by atoms with Crippen molar-refractivity contribution in [3.63, 3.8) is 0 Å². The van der Waals surface area contributed by atoms with Crippen LogP contribution in [0.15, 0.2) is 10.7 Å². The first-order chi connectivity index (χ1) is 6.36. The van der Waals surface area contributed by atoms with Gasteiger partial charge in [0.05, 0.1) is 17.1 Å². The Hall–Kier alpha value is -0.840. The van der Waals surface area contributed by atoms with E-state index in [-0.39, 0.29) is 5.54 Å². The lowest BCUT2D eigenvalue weighted by molar-refractivity contribution is 0.0591. The molecule has 1 heterocycles. The third-order valence-electron chi connectivity index (χ3n) is 1.74. The van der Waals surface area contributed by atoms with Gasteiger partial charge in [-0.05, 0) is 36.7 Å². The number of carbonyl (C=O) groups is 1. The van der Waals surface area contributed by atoms with E-state index in [4.69, 9.17) is 0 Å². The smallest absolute Gasteiger partial charge is 0.359 e. The topological polar surface area (TPSA) is 44.1 Å². The second-order valence-electron chi connectivity index (χ2n) is 3.93. The lowest BCUT2D eigenvalue weighted by atomic mass is 10.1. The minimum absolute atomic E-state index is 0.144. The Kier molecular flexibility index (Phi) is 2.99. The van der Waals surface area contributed by atoms with Crippen molar-refractivity contribution in [1.29, 1.82) is 0 Å². The zero-order valence-corrected chi connectivity index (χ0v) is 10.3. The number of carbonyl (C=O) groups excluding carboxylic acids is 1. The molecule has 0 amide bonds. The summed E-state index contributed by atoms with van der Waals surface area (Å²) in [5, 5.41) is 4.15. The highest BCUT2D eigenvalue weighted by Crippen LogP contribution is 2.21. The summed E-state index contributed by atoms with van der Waals surface area (Å²) in [4.78, 5) is 11.2. The average Bonchev–Trinajstić information content (AvgIpc) is 2.45. The molecule has 0 unspecified atom stereocenters. The molecular formula is C9H13BrN2O2. The number of rotatable bonds is 1. The molecule has 0 aliphatic rings. The van der Waals surface area contributed by atoms with Gasteiger partial charge < -0.3 is 4.74 Å². The number of hydrogen-bond acceptors (Lipinski definition) is 3. The fraction of sp³-hybridized carbons (Fsp3) is 0.556. The third-order valence-corrected chi connectivity index (χ3v) is 2.32. The quantitative estimate of drug-likeness (QED) is 0.728. The van der Waals surface area contributed by atoms with E-state index < -0.39 is 5.97 Å². The molecule has 0 bridgehead atoms. The molecule has 0 aliphatic carbocycles. The van der Waals surface area contributed by atoms with Gasteiger partial charge in [0.1, 0.15) is 0 Å². The van der Waals surface area contributed by atoms with Gasteiger partial charge in [0.25, 0.3) is 0 Å². The minimum atomic E-state index is -0.431. The number of aromatic nitrogens is 2. The SMILES string of the molecule is COC(=O)c1nn(C(C)(C)C)cc1Br. The van der Waals surface area contributed by atoms with E-state index in [0.717, 1.165) is 0 Å². The number of halogens is 1. The van der Waals surface area contributed by atoms with E-state index in [2.05, 4.69) is 25.8 Å². The van der Waals surface area contributed by atoms with E-state index in [1.54, 1.807) is 10.9 Å². The van der Waals surface area contributed by atoms with Crippen LogP contribution < -0.4 is 0 Å². The van der Waals surface area contributed by atoms with Crippen molar-refractivity contribution >= 4 is 21.9 Å². The zero-order chi connectivity index (χ0) is 10.9. The monoisotopic (exact) mass is 260 g/mol. The highest BCUT2D eigenvalue weighted by atomic mass is 79.9. The van der Waals surface area contributed by atoms with Crippen LogP contribution in [0, 0.1) is 0 Å². The van der Waals surface area contributed by atoms with E-state index in [0.29, 0.717) is 10.2 Å². The molecule has 0 aliphatic heterocycles. The molecule has 14 heavy (non-hydrogen) atoms. The van der Waals surface area contributed by atoms with Gasteiger partial charge in [0.2, 0.25) is 0 Å². The summed E-state index contributed by atoms with van der Waals surface area (Å²) in [6.45, 7) is 6.02. The first-order valence-corrected chi connectivity index (χ1v) is 4.99. The summed E-state index contributed by atoms with van der Waals surface area (Å²) in [6.07, 6.45) is 1.77. The van der Waals surface area contributed by atoms with Crippen LogP contribution in [0.4, 0.5) is 0 Å². The van der Waals surface area contributed by atoms with Gasteiger partial charge in [-0.3, -0.25) is 4.68 Å². The Morgan fingerprint density at radius 3 is 2.50 bits per heavy atom. The molecule has 0 aromatic carbocycles. The third kappa shape index (κ3) is 2.15. The molecule has 0 saturated heterocycles. The molecule has 1 rings (SSSR count). The molecule has 78 valence electrons. The van der Waals surface area contributed by atoms with Crippen LogP contribution in [0.25, 0.3) is 0 Å². The van der Waals surface area contributed by atoms with Crippen LogP contribution in [-0.2, 0) is 10.3 Å². The summed E-state index contributed by atoms with van der Waals surface area (Å²) < 4.78 is 6.98. The molecule has 1 aromatic rings. The standard InChI is InChI=1S/C9H13BrN2O2/c1-9(2,3)12-5-6(10)7(11-12)8(13)14-4/h5H,1-4H3. The van der Waals surface area contributed by atoms with Gasteiger partial charge >= 0.3 is 5.97 Å². The molecule has 0 saturated carbocycles. The lowest BCUT2D eigenvalue weighted by Gasteiger charge is -2.18. The summed E-state index contributed by atoms with van der Waals surface area (Å²) in [5.41, 5.74) is 0.164. The highest BCUT2D eigenvalue weighted by Gasteiger charge is 2.21. The predicted octanol–water partition coefficient (Wildman–Crippen LogP) is 2.19. The van der Waals surface area contributed by atoms with E-state index >= 15 is 0 Å². The van der Waals surface area contributed by atoms with Gasteiger partial charge in [-0.1, -0.05) is 0 Å². The van der Waals surface area contributed by atoms with Crippen LogP contribution in [-0.4, -0.2) is 22.9 Å². The van der Waals surface area contributed by atoms with Crippen molar-refractivity contribution in [2.75, 3.05) is 7.11 Å². The maximum absolute atomic E-state index is 11.2. The van der Waals surface area contributed by atoms with Gasteiger partial charge in [0.15, 0.2) is 5.69 Å². The summed E-state index contributed by atoms with van der Waals surface area (Å²) in [7, 11) is 1.34. The lowest BCUT2D eigenvalue weighted by Crippen LogP contribution is -2.22. The van der Waals surface area contributed by atoms with Crippen LogP contribution in [0.1, 0.15) is 31.3 Å². The van der Waals surface area contributed by atoms with Gasteiger partial charge in [-0.2, -0.15) is 5.10 Å². The maximum atomic E-state index is 11.2. The second-order valence-corrected chi connectivity index (χ2v) is 4.79. The molecule has 0 spiro atoms. The number of nitrogens with zero attached hydrogens (tertiary/aromatic N) is 2. The predicted molar refractivity (Wildman–Crippen MR) is 56.3 cm³/mol. The van der Waals surface area contributed by atoms with Crippen LogP contribution in [0.3, 0.4) is 0 Å². The van der Waals surface area contributed by atoms with Gasteiger partial charge in [-0.15, -0.1) is 0 Å². The summed E-state index contributed by atoms with van der Waals surface area (Å²) in [5.74, 6) is -0.431. The Bertz CT molecular complexity index is 352. The minimum Gasteiger partial charge on any atom is -0.464 e. The normalized spacial score (nSPS) is 11.5. The van der Waals surface area contributed by atoms with E-state index in [1.807, 2.05) is 20.8 Å². The van der Waals surface area contributed by atoms with Crippen molar-refractivity contribution in [3.05, 3.63) is 16.4 Å². The number of ether oxygens (including phenoxy) is 1. The molecule has 5 heteroatoms. The van der Waals surface area contributed by atoms with Crippen LogP contribution in [0.5, 0.6) is 0 Å². The Morgan fingerprint density at radius 2 is 2.14 bits per heavy atom. The maximum Gasteiger partial charge on any atom is 0.359 e. The van der Waals surface area contributed by atoms with Crippen molar-refractivity contribution in [1.82, 2.24) is 9.78 Å². The van der Waals surface area contributed by atoms with Crippen LogP contribution in [0.2, 0.25) is 0 Å². The first-order valence-electron chi connectivity index (χ1n) is 4.20. The summed E-state index contributed by atoms with van der Waals surface area (Å²) >= 11 is 3.27. The van der Waals surface area contributed by atoms with E-state index in [1.165, 1.54) is 7.11 Å². The summed E-state index contributed by atoms with van der Waals surface area (Å²) in [6, 6.07) is 0. The molecule has 4 nitrogen and oxygen atoms in total. The molecular weight excluding hydrogens is 248 g/mol. The number of esters is 1. The van der Waals surface area contributed by atoms with Crippen molar-refractivity contribution in [2.24, 2.45) is 0 Å². The van der Waals surface area contributed by atoms with Gasteiger partial charge in [-0.25, -0.2) is 4.79 Å². The number of methoxy groups -OCH3 is 1. The fourth-order valence-corrected chi connectivity index (χ4v) is 1.37. The number of hydrogen-bond donors (Lipinski definition) is 0. The Labute approximate surface area is 91.4 Å². The fourth-order valence-electron chi connectivity index (χ4n) is 0.932. The molecule has 0 N–H and O–H groups in total. The Balaban J connectivity index is 3.12. The molecule has 0 radical (unpaired) electrons. The largest absolute Gasteiger partial charge is 0.464 e. The highest BCUT2D eigenvalue weighted by molar-refractivity contribution is 9.10. The average molecular weight is 261 g/mol. The Morgan fingerprint density at radius 1 is 1.57 bits per heavy atom. The molecule has 0 fully saturated rings. The van der Waals surface area contributed by atoms with Crippen LogP contribution >= 0.6 is 15.9 Å². The second kappa shape index (κ2) is 3.73. The first kappa shape index (κ1) is 11.2. The van der Waals surface area contributed by atoms with Crippen molar-refractivity contribution in [2.45, 2.75) is 26.3 Å².